The quantitative estimate of drug-likeness (QED) is 0.254. The van der Waals surface area contributed by atoms with Crippen LogP contribution in [0.5, 0.6) is 11.5 Å². The van der Waals surface area contributed by atoms with Gasteiger partial charge in [0.1, 0.15) is 18.4 Å². The van der Waals surface area contributed by atoms with Gasteiger partial charge in [-0.25, -0.2) is 12.8 Å². The molecule has 0 heterocycles. The molecule has 3 aromatic carbocycles. The Morgan fingerprint density at radius 1 is 0.953 bits per heavy atom. The molecule has 0 fully saturated rings. The van der Waals surface area contributed by atoms with E-state index < -0.39 is 34.3 Å². The van der Waals surface area contributed by atoms with Crippen LogP contribution in [0, 0.1) is 5.82 Å². The number of hydrogen-bond acceptors (Lipinski definition) is 6. The molecule has 0 aliphatic carbocycles. The van der Waals surface area contributed by atoms with Crippen molar-refractivity contribution >= 4 is 39.1 Å². The van der Waals surface area contributed by atoms with Gasteiger partial charge in [0.2, 0.25) is 11.8 Å². The van der Waals surface area contributed by atoms with E-state index in [0.717, 1.165) is 16.4 Å². The molecule has 43 heavy (non-hydrogen) atoms. The van der Waals surface area contributed by atoms with E-state index in [9.17, 15) is 22.4 Å². The summed E-state index contributed by atoms with van der Waals surface area (Å²) in [6.07, 6.45) is 0.944. The van der Waals surface area contributed by atoms with E-state index in [1.807, 2.05) is 13.8 Å². The highest BCUT2D eigenvalue weighted by Crippen LogP contribution is 2.32. The minimum atomic E-state index is -4.41. The zero-order chi connectivity index (χ0) is 31.7. The van der Waals surface area contributed by atoms with Crippen molar-refractivity contribution in [2.75, 3.05) is 25.1 Å². The summed E-state index contributed by atoms with van der Waals surface area (Å²) in [5, 5.41) is 3.32. The smallest absolute Gasteiger partial charge is 0.264 e. The highest BCUT2D eigenvalue weighted by Gasteiger charge is 2.34. The van der Waals surface area contributed by atoms with E-state index in [1.165, 1.54) is 49.5 Å². The third-order valence-corrected chi connectivity index (χ3v) is 9.16. The van der Waals surface area contributed by atoms with Crippen LogP contribution in [0.25, 0.3) is 0 Å². The third-order valence-electron chi connectivity index (χ3n) is 7.02. The molecule has 9 nitrogen and oxygen atoms in total. The molecule has 0 bridgehead atoms. The molecular weight excluding hydrogens is 597 g/mol. The Kier molecular flexibility index (Phi) is 11.8. The Bertz CT molecular complexity index is 1520. The molecule has 0 saturated heterocycles. The molecular formula is C31H37ClFN3O6S. The molecule has 0 saturated carbocycles. The van der Waals surface area contributed by atoms with Crippen molar-refractivity contribution in [3.8, 4) is 11.5 Å². The van der Waals surface area contributed by atoms with Crippen molar-refractivity contribution in [1.29, 1.82) is 0 Å². The van der Waals surface area contributed by atoms with E-state index in [2.05, 4.69) is 5.32 Å². The molecule has 0 aliphatic rings. The normalized spacial score (nSPS) is 12.6. The van der Waals surface area contributed by atoms with Gasteiger partial charge in [-0.2, -0.15) is 0 Å². The summed E-state index contributed by atoms with van der Waals surface area (Å²) in [6.45, 7) is 4.83. The first-order chi connectivity index (χ1) is 20.5. The van der Waals surface area contributed by atoms with E-state index >= 15 is 0 Å². The highest BCUT2D eigenvalue weighted by molar-refractivity contribution is 7.92. The summed E-state index contributed by atoms with van der Waals surface area (Å²) in [4.78, 5) is 28.7. The second-order valence-electron chi connectivity index (χ2n) is 9.86. The summed E-state index contributed by atoms with van der Waals surface area (Å²) in [6, 6.07) is 14.7. The van der Waals surface area contributed by atoms with Gasteiger partial charge in [0, 0.05) is 23.7 Å². The van der Waals surface area contributed by atoms with Crippen molar-refractivity contribution in [3.05, 3.63) is 83.1 Å². The fourth-order valence-corrected chi connectivity index (χ4v) is 6.04. The van der Waals surface area contributed by atoms with Crippen LogP contribution < -0.4 is 19.1 Å². The zero-order valence-electron chi connectivity index (χ0n) is 24.8. The van der Waals surface area contributed by atoms with Gasteiger partial charge in [-0.15, -0.1) is 0 Å². The van der Waals surface area contributed by atoms with E-state index in [-0.39, 0.29) is 41.2 Å². The molecule has 232 valence electrons. The third kappa shape index (κ3) is 8.17. The monoisotopic (exact) mass is 633 g/mol. The van der Waals surface area contributed by atoms with Crippen LogP contribution in [-0.2, 0) is 26.2 Å². The van der Waals surface area contributed by atoms with Gasteiger partial charge in [-0.1, -0.05) is 43.6 Å². The molecule has 1 N–H and O–H groups in total. The number of ether oxygens (including phenoxy) is 2. The Hall–Kier alpha value is -3.83. The van der Waals surface area contributed by atoms with Crippen LogP contribution in [0.15, 0.2) is 71.6 Å². The summed E-state index contributed by atoms with van der Waals surface area (Å²) in [7, 11) is -1.61. The van der Waals surface area contributed by atoms with Crippen molar-refractivity contribution in [1.82, 2.24) is 10.2 Å². The Labute approximate surface area is 257 Å². The largest absolute Gasteiger partial charge is 0.493 e. The number of amides is 2. The number of methoxy groups -OCH3 is 2. The molecule has 2 amide bonds. The predicted octanol–water partition coefficient (Wildman–Crippen LogP) is 5.41. The summed E-state index contributed by atoms with van der Waals surface area (Å²) in [5.41, 5.74) is 0.641. The second kappa shape index (κ2) is 15.1. The van der Waals surface area contributed by atoms with Gasteiger partial charge in [0.25, 0.3) is 10.0 Å². The maximum atomic E-state index is 14.1. The maximum absolute atomic E-state index is 14.1. The lowest BCUT2D eigenvalue weighted by atomic mass is 10.1. The minimum absolute atomic E-state index is 0.0431. The fraction of sp³-hybridized carbons (Fsp3) is 0.355. The molecule has 0 aromatic heterocycles. The molecule has 0 spiro atoms. The average molecular weight is 634 g/mol. The van der Waals surface area contributed by atoms with Crippen LogP contribution >= 0.6 is 11.6 Å². The zero-order valence-corrected chi connectivity index (χ0v) is 26.4. The molecule has 0 radical (unpaired) electrons. The standard InChI is InChI=1S/C31H37ClFN3O6S/c1-6-21(3)34-31(38)27(7-2)35(19-22-10-8-9-11-26(22)32)30(37)20-36(24-14-12-23(33)13-15-24)43(39,40)25-16-17-28(41-4)29(18-25)42-5/h8-18,21,27H,6-7,19-20H2,1-5H3,(H,34,38)/t21-,27-/m1/s1. The van der Waals surface area contributed by atoms with Crippen molar-refractivity contribution in [2.24, 2.45) is 0 Å². The van der Waals surface area contributed by atoms with Gasteiger partial charge in [-0.05, 0) is 67.8 Å². The molecule has 3 aromatic rings. The lowest BCUT2D eigenvalue weighted by Gasteiger charge is -2.34. The maximum Gasteiger partial charge on any atom is 0.264 e. The molecule has 12 heteroatoms. The van der Waals surface area contributed by atoms with Gasteiger partial charge in [0.05, 0.1) is 24.8 Å². The predicted molar refractivity (Wildman–Crippen MR) is 164 cm³/mol. The van der Waals surface area contributed by atoms with Crippen LogP contribution in [0.2, 0.25) is 5.02 Å². The first kappa shape index (κ1) is 33.7. The van der Waals surface area contributed by atoms with Crippen molar-refractivity contribution in [2.45, 2.75) is 57.1 Å². The van der Waals surface area contributed by atoms with Crippen LogP contribution in [0.4, 0.5) is 10.1 Å². The fourth-order valence-electron chi connectivity index (χ4n) is 4.41. The van der Waals surface area contributed by atoms with E-state index in [0.29, 0.717) is 22.8 Å². The lowest BCUT2D eigenvalue weighted by Crippen LogP contribution is -2.53. The lowest BCUT2D eigenvalue weighted by molar-refractivity contribution is -0.140. The SMILES string of the molecule is CC[C@@H](C)NC(=O)[C@@H](CC)N(Cc1ccccc1Cl)C(=O)CN(c1ccc(F)cc1)S(=O)(=O)c1ccc(OC)c(OC)c1. The van der Waals surface area contributed by atoms with Gasteiger partial charge < -0.3 is 19.7 Å². The first-order valence-corrected chi connectivity index (χ1v) is 15.6. The number of sulfonamides is 1. The number of halogens is 2. The van der Waals surface area contributed by atoms with E-state index in [1.54, 1.807) is 31.2 Å². The molecule has 2 atom stereocenters. The number of anilines is 1. The van der Waals surface area contributed by atoms with Crippen molar-refractivity contribution < 1.29 is 31.9 Å². The number of nitrogens with zero attached hydrogens (tertiary/aromatic N) is 2. The highest BCUT2D eigenvalue weighted by atomic mass is 35.5. The van der Waals surface area contributed by atoms with Gasteiger partial charge >= 0.3 is 0 Å². The number of carbonyl (C=O) groups is 2. The minimum Gasteiger partial charge on any atom is -0.493 e. The molecule has 0 aliphatic heterocycles. The number of rotatable bonds is 14. The number of carbonyl (C=O) groups excluding carboxylic acids is 2. The summed E-state index contributed by atoms with van der Waals surface area (Å²) >= 11 is 6.43. The van der Waals surface area contributed by atoms with Crippen LogP contribution in [0.3, 0.4) is 0 Å². The summed E-state index contributed by atoms with van der Waals surface area (Å²) in [5.74, 6) is -1.11. The van der Waals surface area contributed by atoms with Crippen LogP contribution in [0.1, 0.15) is 39.2 Å². The van der Waals surface area contributed by atoms with Crippen LogP contribution in [-0.4, -0.2) is 58.0 Å². The number of benzene rings is 3. The summed E-state index contributed by atoms with van der Waals surface area (Å²) < 4.78 is 53.4. The molecule has 3 rings (SSSR count). The number of nitrogens with one attached hydrogen (secondary N) is 1. The topological polar surface area (TPSA) is 105 Å². The Morgan fingerprint density at radius 2 is 1.60 bits per heavy atom. The van der Waals surface area contributed by atoms with Gasteiger partial charge in [0.15, 0.2) is 11.5 Å². The average Bonchev–Trinajstić information content (AvgIpc) is 3.00. The van der Waals surface area contributed by atoms with E-state index in [4.69, 9.17) is 21.1 Å². The second-order valence-corrected chi connectivity index (χ2v) is 12.1. The van der Waals surface area contributed by atoms with Gasteiger partial charge in [-0.3, -0.25) is 13.9 Å². The molecule has 0 unspecified atom stereocenters. The Morgan fingerprint density at radius 3 is 2.19 bits per heavy atom. The number of hydrogen-bond donors (Lipinski definition) is 1. The van der Waals surface area contributed by atoms with Crippen molar-refractivity contribution in [3.63, 3.8) is 0 Å². The Balaban J connectivity index is 2.10. The first-order valence-electron chi connectivity index (χ1n) is 13.8.